The number of amides is 1. The van der Waals surface area contributed by atoms with E-state index < -0.39 is 0 Å². The van der Waals surface area contributed by atoms with Crippen molar-refractivity contribution >= 4 is 5.91 Å². The molecule has 0 saturated carbocycles. The van der Waals surface area contributed by atoms with Crippen molar-refractivity contribution < 1.29 is 4.79 Å². The van der Waals surface area contributed by atoms with E-state index in [0.29, 0.717) is 13.1 Å². The summed E-state index contributed by atoms with van der Waals surface area (Å²) in [6, 6.07) is 9.40. The third-order valence-corrected chi connectivity index (χ3v) is 3.26. The molecule has 0 unspecified atom stereocenters. The molecule has 19 heavy (non-hydrogen) atoms. The molecule has 2 heterocycles. The van der Waals surface area contributed by atoms with E-state index in [9.17, 15) is 4.79 Å². The third-order valence-electron chi connectivity index (χ3n) is 3.26. The van der Waals surface area contributed by atoms with E-state index >= 15 is 0 Å². The SMILES string of the molecule is O=C(c1ccccc1)N1CCN(n2ccnn2)CC1. The van der Waals surface area contributed by atoms with Gasteiger partial charge in [-0.3, -0.25) is 9.80 Å². The van der Waals surface area contributed by atoms with Crippen LogP contribution in [0.4, 0.5) is 0 Å². The molecular formula is C13H15N5O. The monoisotopic (exact) mass is 257 g/mol. The lowest BCUT2D eigenvalue weighted by Crippen LogP contribution is -2.53. The molecule has 0 N–H and O–H groups in total. The van der Waals surface area contributed by atoms with Crippen molar-refractivity contribution in [1.82, 2.24) is 20.0 Å². The van der Waals surface area contributed by atoms with E-state index in [1.807, 2.05) is 41.4 Å². The fraction of sp³-hybridized carbons (Fsp3) is 0.308. The Balaban J connectivity index is 1.63. The van der Waals surface area contributed by atoms with Crippen LogP contribution in [-0.2, 0) is 0 Å². The summed E-state index contributed by atoms with van der Waals surface area (Å²) in [6.45, 7) is 2.94. The zero-order valence-corrected chi connectivity index (χ0v) is 10.5. The lowest BCUT2D eigenvalue weighted by Gasteiger charge is -2.35. The number of carbonyl (C=O) groups excluding carboxylic acids is 1. The number of benzene rings is 1. The molecule has 1 aromatic carbocycles. The van der Waals surface area contributed by atoms with E-state index in [1.54, 1.807) is 11.0 Å². The van der Waals surface area contributed by atoms with Crippen LogP contribution in [0.15, 0.2) is 42.7 Å². The standard InChI is InChI=1S/C13H15N5O/c19-13(12-4-2-1-3-5-12)16-8-10-17(11-9-16)18-7-6-14-15-18/h1-7H,8-11H2. The van der Waals surface area contributed by atoms with Gasteiger partial charge in [0, 0.05) is 18.7 Å². The van der Waals surface area contributed by atoms with Crippen molar-refractivity contribution in [2.45, 2.75) is 0 Å². The first-order valence-corrected chi connectivity index (χ1v) is 6.30. The number of rotatable bonds is 2. The van der Waals surface area contributed by atoms with Gasteiger partial charge in [0.2, 0.25) is 0 Å². The maximum atomic E-state index is 12.3. The molecule has 1 aromatic heterocycles. The average Bonchev–Trinajstić information content (AvgIpc) is 3.02. The minimum absolute atomic E-state index is 0.0961. The molecule has 0 aliphatic carbocycles. The first-order valence-electron chi connectivity index (χ1n) is 6.30. The third kappa shape index (κ3) is 2.42. The molecule has 2 aromatic rings. The maximum Gasteiger partial charge on any atom is 0.253 e. The highest BCUT2D eigenvalue weighted by Crippen LogP contribution is 2.07. The predicted molar refractivity (Wildman–Crippen MR) is 70.3 cm³/mol. The summed E-state index contributed by atoms with van der Waals surface area (Å²) in [5.41, 5.74) is 0.747. The molecule has 1 amide bonds. The second-order valence-electron chi connectivity index (χ2n) is 4.44. The summed E-state index contributed by atoms with van der Waals surface area (Å²) in [4.78, 5) is 15.9. The van der Waals surface area contributed by atoms with Crippen LogP contribution >= 0.6 is 0 Å². The van der Waals surface area contributed by atoms with Crippen LogP contribution in [0.25, 0.3) is 0 Å². The van der Waals surface area contributed by atoms with Crippen molar-refractivity contribution in [3.63, 3.8) is 0 Å². The fourth-order valence-corrected chi connectivity index (χ4v) is 2.22. The lowest BCUT2D eigenvalue weighted by atomic mass is 10.2. The molecule has 0 bridgehead atoms. The topological polar surface area (TPSA) is 54.3 Å². The molecule has 98 valence electrons. The Morgan fingerprint density at radius 1 is 1.05 bits per heavy atom. The minimum Gasteiger partial charge on any atom is -0.335 e. The van der Waals surface area contributed by atoms with Gasteiger partial charge in [0.05, 0.1) is 25.5 Å². The summed E-state index contributed by atoms with van der Waals surface area (Å²) in [5.74, 6) is 0.0961. The van der Waals surface area contributed by atoms with Crippen molar-refractivity contribution in [2.24, 2.45) is 0 Å². The molecule has 1 aliphatic rings. The van der Waals surface area contributed by atoms with Crippen molar-refractivity contribution in [3.05, 3.63) is 48.3 Å². The van der Waals surface area contributed by atoms with E-state index in [4.69, 9.17) is 0 Å². The number of hydrogen-bond donors (Lipinski definition) is 0. The van der Waals surface area contributed by atoms with Gasteiger partial charge in [-0.2, -0.15) is 4.79 Å². The number of piperazine rings is 1. The van der Waals surface area contributed by atoms with Crippen LogP contribution in [-0.4, -0.2) is 52.1 Å². The van der Waals surface area contributed by atoms with Crippen LogP contribution in [0, 0.1) is 0 Å². The zero-order valence-electron chi connectivity index (χ0n) is 10.5. The number of aromatic nitrogens is 3. The first-order chi connectivity index (χ1) is 9.34. The quantitative estimate of drug-likeness (QED) is 0.780. The first kappa shape index (κ1) is 11.7. The molecule has 6 heteroatoms. The molecule has 1 fully saturated rings. The van der Waals surface area contributed by atoms with Crippen LogP contribution in [0.3, 0.4) is 0 Å². The van der Waals surface area contributed by atoms with Crippen LogP contribution in [0.1, 0.15) is 10.4 Å². The van der Waals surface area contributed by atoms with Crippen LogP contribution < -0.4 is 5.01 Å². The summed E-state index contributed by atoms with van der Waals surface area (Å²) < 4.78 is 0. The molecule has 1 aliphatic heterocycles. The van der Waals surface area contributed by atoms with Gasteiger partial charge in [-0.15, -0.1) is 5.10 Å². The normalized spacial score (nSPS) is 15.6. The van der Waals surface area contributed by atoms with Gasteiger partial charge in [-0.25, -0.2) is 0 Å². The Kier molecular flexibility index (Phi) is 3.14. The smallest absolute Gasteiger partial charge is 0.253 e. The Hall–Kier alpha value is -2.37. The maximum absolute atomic E-state index is 12.3. The van der Waals surface area contributed by atoms with E-state index in [-0.39, 0.29) is 5.91 Å². The minimum atomic E-state index is 0.0961. The molecule has 0 atom stereocenters. The van der Waals surface area contributed by atoms with E-state index in [2.05, 4.69) is 15.3 Å². The van der Waals surface area contributed by atoms with Gasteiger partial charge in [-0.1, -0.05) is 18.2 Å². The molecule has 6 nitrogen and oxygen atoms in total. The Labute approximate surface area is 111 Å². The van der Waals surface area contributed by atoms with Gasteiger partial charge < -0.3 is 4.90 Å². The number of hydrogen-bond acceptors (Lipinski definition) is 4. The molecule has 0 radical (unpaired) electrons. The highest BCUT2D eigenvalue weighted by atomic mass is 16.2. The summed E-state index contributed by atoms with van der Waals surface area (Å²) in [6.07, 6.45) is 3.47. The van der Waals surface area contributed by atoms with Crippen LogP contribution in [0.5, 0.6) is 0 Å². The summed E-state index contributed by atoms with van der Waals surface area (Å²) >= 11 is 0. The van der Waals surface area contributed by atoms with Crippen molar-refractivity contribution in [3.8, 4) is 0 Å². The highest BCUT2D eigenvalue weighted by molar-refractivity contribution is 5.94. The van der Waals surface area contributed by atoms with Crippen molar-refractivity contribution in [2.75, 3.05) is 31.2 Å². The van der Waals surface area contributed by atoms with E-state index in [0.717, 1.165) is 18.7 Å². The molecule has 0 spiro atoms. The average molecular weight is 257 g/mol. The number of nitrogens with zero attached hydrogens (tertiary/aromatic N) is 5. The summed E-state index contributed by atoms with van der Waals surface area (Å²) in [5, 5.41) is 9.82. The predicted octanol–water partition coefficient (Wildman–Crippen LogP) is 0.372. The van der Waals surface area contributed by atoms with Gasteiger partial charge >= 0.3 is 0 Å². The second kappa shape index (κ2) is 5.09. The number of carbonyl (C=O) groups is 1. The molecular weight excluding hydrogens is 242 g/mol. The van der Waals surface area contributed by atoms with Gasteiger partial charge in [0.1, 0.15) is 0 Å². The van der Waals surface area contributed by atoms with Crippen molar-refractivity contribution in [1.29, 1.82) is 0 Å². The second-order valence-corrected chi connectivity index (χ2v) is 4.44. The van der Waals surface area contributed by atoms with E-state index in [1.165, 1.54) is 0 Å². The Morgan fingerprint density at radius 2 is 1.79 bits per heavy atom. The highest BCUT2D eigenvalue weighted by Gasteiger charge is 2.22. The molecule has 3 rings (SSSR count). The Morgan fingerprint density at radius 3 is 2.42 bits per heavy atom. The largest absolute Gasteiger partial charge is 0.335 e. The molecule has 1 saturated heterocycles. The van der Waals surface area contributed by atoms with Gasteiger partial charge in [-0.05, 0) is 17.3 Å². The van der Waals surface area contributed by atoms with Gasteiger partial charge in [0.25, 0.3) is 5.91 Å². The van der Waals surface area contributed by atoms with Gasteiger partial charge in [0.15, 0.2) is 0 Å². The van der Waals surface area contributed by atoms with Crippen LogP contribution in [0.2, 0.25) is 0 Å². The lowest BCUT2D eigenvalue weighted by molar-refractivity contribution is 0.0736. The summed E-state index contributed by atoms with van der Waals surface area (Å²) in [7, 11) is 0. The zero-order chi connectivity index (χ0) is 13.1. The fourth-order valence-electron chi connectivity index (χ4n) is 2.22. The Bertz CT molecular complexity index is 531.